The summed E-state index contributed by atoms with van der Waals surface area (Å²) in [6.07, 6.45) is 2.73. The van der Waals surface area contributed by atoms with E-state index in [0.717, 1.165) is 0 Å². The fraction of sp³-hybridized carbons (Fsp3) is 0.273. The second kappa shape index (κ2) is 10.2. The molecule has 1 amide bonds. The third-order valence-electron chi connectivity index (χ3n) is 4.57. The fourth-order valence-corrected chi connectivity index (χ4v) is 3.08. The zero-order valence-electron chi connectivity index (χ0n) is 17.6. The van der Waals surface area contributed by atoms with Crippen LogP contribution in [-0.2, 0) is 11.2 Å². The second-order valence-electron chi connectivity index (χ2n) is 6.64. The van der Waals surface area contributed by atoms with Crippen molar-refractivity contribution in [1.29, 1.82) is 0 Å². The molecule has 0 spiro atoms. The summed E-state index contributed by atoms with van der Waals surface area (Å²) >= 11 is 0. The number of nitrogens with one attached hydrogen (secondary N) is 2. The number of carbonyl (C=O) groups excluding carboxylic acids is 1. The number of rotatable bonds is 9. The van der Waals surface area contributed by atoms with Gasteiger partial charge in [-0.25, -0.2) is 10.4 Å². The van der Waals surface area contributed by atoms with E-state index in [2.05, 4.69) is 20.5 Å². The Balaban J connectivity index is 1.55. The van der Waals surface area contributed by atoms with E-state index >= 15 is 0 Å². The molecule has 0 aliphatic heterocycles. The van der Waals surface area contributed by atoms with Gasteiger partial charge in [0.25, 0.3) is 5.56 Å². The summed E-state index contributed by atoms with van der Waals surface area (Å²) in [5.41, 5.74) is 3.62. The number of aromatic nitrogens is 2. The molecule has 162 valence electrons. The van der Waals surface area contributed by atoms with Gasteiger partial charge in [-0.3, -0.25) is 9.59 Å². The van der Waals surface area contributed by atoms with Crippen LogP contribution in [0.5, 0.6) is 17.2 Å². The summed E-state index contributed by atoms with van der Waals surface area (Å²) in [6.45, 7) is 0. The van der Waals surface area contributed by atoms with Crippen molar-refractivity contribution in [2.45, 2.75) is 19.3 Å². The lowest BCUT2D eigenvalue weighted by molar-refractivity contribution is -0.121. The minimum absolute atomic E-state index is 0.181. The summed E-state index contributed by atoms with van der Waals surface area (Å²) in [7, 11) is 4.58. The van der Waals surface area contributed by atoms with E-state index in [0.29, 0.717) is 52.4 Å². The number of aryl methyl sites for hydroxylation is 1. The molecule has 3 rings (SSSR count). The molecule has 0 saturated carbocycles. The molecule has 31 heavy (non-hydrogen) atoms. The monoisotopic (exact) mass is 424 g/mol. The summed E-state index contributed by atoms with van der Waals surface area (Å²) < 4.78 is 15.9. The van der Waals surface area contributed by atoms with Gasteiger partial charge in [0.2, 0.25) is 11.7 Å². The SMILES string of the molecule is COc1cc(/C=N/NC(=O)CCCc2nc3ccccc3c(=O)[nH]2)cc(OC)c1OC. The van der Waals surface area contributed by atoms with Gasteiger partial charge in [-0.15, -0.1) is 0 Å². The van der Waals surface area contributed by atoms with Crippen LogP contribution in [0.4, 0.5) is 0 Å². The highest BCUT2D eigenvalue weighted by molar-refractivity contribution is 5.84. The average Bonchev–Trinajstić information content (AvgIpc) is 2.78. The summed E-state index contributed by atoms with van der Waals surface area (Å²) in [5, 5.41) is 4.53. The topological polar surface area (TPSA) is 115 Å². The van der Waals surface area contributed by atoms with Gasteiger partial charge in [-0.05, 0) is 30.7 Å². The van der Waals surface area contributed by atoms with Gasteiger partial charge in [-0.1, -0.05) is 12.1 Å². The van der Waals surface area contributed by atoms with Gasteiger partial charge in [0, 0.05) is 18.4 Å². The first-order chi connectivity index (χ1) is 15.0. The van der Waals surface area contributed by atoms with E-state index in [1.807, 2.05) is 6.07 Å². The van der Waals surface area contributed by atoms with Crippen molar-refractivity contribution in [2.75, 3.05) is 21.3 Å². The minimum atomic E-state index is -0.244. The quantitative estimate of drug-likeness (QED) is 0.403. The molecule has 0 fully saturated rings. The number of hydrogen-bond acceptors (Lipinski definition) is 7. The fourth-order valence-electron chi connectivity index (χ4n) is 3.08. The zero-order chi connectivity index (χ0) is 22.2. The van der Waals surface area contributed by atoms with Crippen molar-refractivity contribution < 1.29 is 19.0 Å². The standard InChI is InChI=1S/C22H24N4O5/c1-29-17-11-14(12-18(30-2)21(17)31-3)13-23-26-20(27)10-6-9-19-24-16-8-5-4-7-15(16)22(28)25-19/h4-5,7-8,11-13H,6,9-10H2,1-3H3,(H,26,27)(H,24,25,28)/b23-13+. The second-order valence-corrected chi connectivity index (χ2v) is 6.64. The lowest BCUT2D eigenvalue weighted by Gasteiger charge is -2.12. The highest BCUT2D eigenvalue weighted by Gasteiger charge is 2.12. The van der Waals surface area contributed by atoms with Crippen molar-refractivity contribution >= 4 is 23.0 Å². The minimum Gasteiger partial charge on any atom is -0.493 e. The van der Waals surface area contributed by atoms with Crippen molar-refractivity contribution in [2.24, 2.45) is 5.10 Å². The highest BCUT2D eigenvalue weighted by Crippen LogP contribution is 2.37. The molecule has 1 aromatic heterocycles. The Hall–Kier alpha value is -3.88. The van der Waals surface area contributed by atoms with E-state index in [1.54, 1.807) is 30.3 Å². The van der Waals surface area contributed by atoms with Crippen LogP contribution >= 0.6 is 0 Å². The lowest BCUT2D eigenvalue weighted by atomic mass is 10.2. The molecule has 0 aliphatic rings. The Morgan fingerprint density at radius 3 is 2.52 bits per heavy atom. The number of carbonyl (C=O) groups is 1. The van der Waals surface area contributed by atoms with Crippen LogP contribution < -0.4 is 25.2 Å². The molecule has 9 nitrogen and oxygen atoms in total. The van der Waals surface area contributed by atoms with Gasteiger partial charge >= 0.3 is 0 Å². The molecule has 3 aromatic rings. The molecule has 2 N–H and O–H groups in total. The Morgan fingerprint density at radius 1 is 1.13 bits per heavy atom. The summed E-state index contributed by atoms with van der Waals surface area (Å²) in [4.78, 5) is 31.3. The number of hydrogen-bond donors (Lipinski definition) is 2. The number of nitrogens with zero attached hydrogens (tertiary/aromatic N) is 2. The van der Waals surface area contributed by atoms with Crippen molar-refractivity contribution in [1.82, 2.24) is 15.4 Å². The molecule has 0 radical (unpaired) electrons. The molecule has 0 unspecified atom stereocenters. The van der Waals surface area contributed by atoms with Crippen molar-refractivity contribution in [3.05, 3.63) is 58.1 Å². The molecule has 1 heterocycles. The van der Waals surface area contributed by atoms with Crippen LogP contribution in [0.25, 0.3) is 10.9 Å². The van der Waals surface area contributed by atoms with E-state index in [9.17, 15) is 9.59 Å². The van der Waals surface area contributed by atoms with E-state index < -0.39 is 0 Å². The maximum atomic E-state index is 12.1. The van der Waals surface area contributed by atoms with Crippen LogP contribution in [0.15, 0.2) is 46.3 Å². The van der Waals surface area contributed by atoms with Crippen molar-refractivity contribution in [3.8, 4) is 17.2 Å². The van der Waals surface area contributed by atoms with E-state index in [-0.39, 0.29) is 17.9 Å². The molecule has 0 atom stereocenters. The number of aromatic amines is 1. The average molecular weight is 424 g/mol. The molecular weight excluding hydrogens is 400 g/mol. The largest absolute Gasteiger partial charge is 0.493 e. The number of methoxy groups -OCH3 is 3. The van der Waals surface area contributed by atoms with Crippen LogP contribution in [0.3, 0.4) is 0 Å². The van der Waals surface area contributed by atoms with Gasteiger partial charge in [-0.2, -0.15) is 5.10 Å². The Bertz CT molecular complexity index is 1130. The number of para-hydroxylation sites is 1. The van der Waals surface area contributed by atoms with Crippen LogP contribution in [0, 0.1) is 0 Å². The highest BCUT2D eigenvalue weighted by atomic mass is 16.5. The number of fused-ring (bicyclic) bond motifs is 1. The number of ether oxygens (including phenoxy) is 3. The third-order valence-corrected chi connectivity index (χ3v) is 4.57. The van der Waals surface area contributed by atoms with Crippen LogP contribution in [0.1, 0.15) is 24.2 Å². The first kappa shape index (κ1) is 21.8. The first-order valence-corrected chi connectivity index (χ1v) is 9.65. The maximum absolute atomic E-state index is 12.1. The number of H-pyrrole nitrogens is 1. The molecule has 9 heteroatoms. The molecule has 0 aliphatic carbocycles. The van der Waals surface area contributed by atoms with Gasteiger partial charge < -0.3 is 19.2 Å². The maximum Gasteiger partial charge on any atom is 0.258 e. The Morgan fingerprint density at radius 2 is 1.84 bits per heavy atom. The lowest BCUT2D eigenvalue weighted by Crippen LogP contribution is -2.18. The normalized spacial score (nSPS) is 10.9. The zero-order valence-corrected chi connectivity index (χ0v) is 17.6. The smallest absolute Gasteiger partial charge is 0.258 e. The van der Waals surface area contributed by atoms with Gasteiger partial charge in [0.15, 0.2) is 11.5 Å². The molecule has 2 aromatic carbocycles. The van der Waals surface area contributed by atoms with Crippen LogP contribution in [0.2, 0.25) is 0 Å². The Labute approximate surface area is 179 Å². The number of benzene rings is 2. The van der Waals surface area contributed by atoms with Crippen LogP contribution in [-0.4, -0.2) is 43.4 Å². The van der Waals surface area contributed by atoms with Gasteiger partial charge in [0.1, 0.15) is 5.82 Å². The first-order valence-electron chi connectivity index (χ1n) is 9.65. The molecular formula is C22H24N4O5. The third kappa shape index (κ3) is 5.39. The molecule has 0 bridgehead atoms. The molecule has 0 saturated heterocycles. The predicted octanol–water partition coefficient (Wildman–Crippen LogP) is 2.42. The van der Waals surface area contributed by atoms with Crippen molar-refractivity contribution in [3.63, 3.8) is 0 Å². The predicted molar refractivity (Wildman–Crippen MR) is 117 cm³/mol. The number of hydrazone groups is 1. The number of amides is 1. The summed E-state index contributed by atoms with van der Waals surface area (Å²) in [6, 6.07) is 10.6. The summed E-state index contributed by atoms with van der Waals surface area (Å²) in [5.74, 6) is 1.77. The van der Waals surface area contributed by atoms with E-state index in [1.165, 1.54) is 27.5 Å². The Kier molecular flexibility index (Phi) is 7.21. The van der Waals surface area contributed by atoms with E-state index in [4.69, 9.17) is 14.2 Å². The van der Waals surface area contributed by atoms with Gasteiger partial charge in [0.05, 0.1) is 38.4 Å².